The molecule has 0 bridgehead atoms. The first-order chi connectivity index (χ1) is 12.6. The quantitative estimate of drug-likeness (QED) is 0.471. The van der Waals surface area contributed by atoms with E-state index in [4.69, 9.17) is 11.6 Å². The number of hydrogen-bond donors (Lipinski definition) is 1. The maximum absolute atomic E-state index is 12.6. The third-order valence-corrected chi connectivity index (χ3v) is 7.14. The molecule has 1 amide bonds. The topological polar surface area (TPSA) is 54.9 Å². The second-order valence-electron chi connectivity index (χ2n) is 6.30. The first-order valence-electron chi connectivity index (χ1n) is 8.61. The van der Waals surface area contributed by atoms with Crippen molar-refractivity contribution in [3.05, 3.63) is 46.1 Å². The smallest absolute Gasteiger partial charge is 0.237 e. The van der Waals surface area contributed by atoms with Gasteiger partial charge in [-0.25, -0.2) is 9.97 Å². The second-order valence-corrected chi connectivity index (χ2v) is 9.12. The van der Waals surface area contributed by atoms with Crippen LogP contribution >= 0.6 is 34.7 Å². The summed E-state index contributed by atoms with van der Waals surface area (Å²) in [5.74, 6) is -0.0843. The molecule has 0 fully saturated rings. The minimum atomic E-state index is -0.288. The number of fused-ring (bicyclic) bond motifs is 3. The Bertz CT molecular complexity index is 973. The van der Waals surface area contributed by atoms with Crippen LogP contribution in [0.4, 0.5) is 5.69 Å². The summed E-state index contributed by atoms with van der Waals surface area (Å²) in [4.78, 5) is 24.0. The van der Waals surface area contributed by atoms with Crippen molar-refractivity contribution in [1.82, 2.24) is 9.97 Å². The number of thioether (sulfide) groups is 1. The highest BCUT2D eigenvalue weighted by Crippen LogP contribution is 2.40. The highest BCUT2D eigenvalue weighted by atomic mass is 35.5. The predicted octanol–water partition coefficient (Wildman–Crippen LogP) is 5.34. The van der Waals surface area contributed by atoms with Gasteiger partial charge in [0.05, 0.1) is 16.0 Å². The van der Waals surface area contributed by atoms with E-state index >= 15 is 0 Å². The molecule has 0 radical (unpaired) electrons. The zero-order valence-corrected chi connectivity index (χ0v) is 16.7. The molecule has 4 nitrogen and oxygen atoms in total. The molecular weight excluding hydrogens is 386 g/mol. The Morgan fingerprint density at radius 1 is 1.27 bits per heavy atom. The summed E-state index contributed by atoms with van der Waals surface area (Å²) in [5, 5.41) is 5.20. The van der Waals surface area contributed by atoms with Gasteiger partial charge in [0.2, 0.25) is 5.91 Å². The number of aryl methyl sites for hydroxylation is 2. The largest absolute Gasteiger partial charge is 0.324 e. The van der Waals surface area contributed by atoms with Crippen LogP contribution in [0.15, 0.2) is 35.6 Å². The molecule has 7 heteroatoms. The van der Waals surface area contributed by atoms with Crippen molar-refractivity contribution in [2.45, 2.75) is 42.9 Å². The number of halogens is 1. The van der Waals surface area contributed by atoms with E-state index in [2.05, 4.69) is 15.3 Å². The summed E-state index contributed by atoms with van der Waals surface area (Å²) < 4.78 is 0. The number of benzene rings is 1. The summed E-state index contributed by atoms with van der Waals surface area (Å²) in [6, 6.07) is 7.26. The fraction of sp³-hybridized carbons (Fsp3) is 0.316. The standard InChI is InChI=1S/C19H18ClN3OS2/c1-11(17(24)23-14-8-4-3-7-13(14)20)25-18-16-12-6-2-5-9-15(12)26-19(16)22-10-21-18/h3-4,7-8,10-11H,2,5-6,9H2,1H3,(H,23,24)/t11-/m1/s1. The second kappa shape index (κ2) is 7.55. The fourth-order valence-electron chi connectivity index (χ4n) is 3.17. The van der Waals surface area contributed by atoms with E-state index in [0.717, 1.165) is 28.1 Å². The number of carbonyl (C=O) groups excluding carboxylic acids is 1. The molecule has 3 aromatic rings. The van der Waals surface area contributed by atoms with Gasteiger partial charge in [0, 0.05) is 10.3 Å². The highest BCUT2D eigenvalue weighted by Gasteiger charge is 2.23. The number of nitrogens with zero attached hydrogens (tertiary/aromatic N) is 2. The Morgan fingerprint density at radius 3 is 2.92 bits per heavy atom. The van der Waals surface area contributed by atoms with Crippen LogP contribution < -0.4 is 5.32 Å². The van der Waals surface area contributed by atoms with E-state index in [9.17, 15) is 4.79 Å². The number of rotatable bonds is 4. The van der Waals surface area contributed by atoms with Crippen LogP contribution in [0.3, 0.4) is 0 Å². The first kappa shape index (κ1) is 17.8. The third kappa shape index (κ3) is 3.46. The fourth-order valence-corrected chi connectivity index (χ4v) is 5.59. The van der Waals surface area contributed by atoms with Crippen molar-refractivity contribution in [1.29, 1.82) is 0 Å². The molecule has 0 spiro atoms. The zero-order chi connectivity index (χ0) is 18.1. The van der Waals surface area contributed by atoms with Crippen LogP contribution in [0, 0.1) is 0 Å². The number of thiophene rings is 1. The Labute approximate surface area is 165 Å². The SMILES string of the molecule is C[C@@H](Sc1ncnc2sc3c(c12)CCCC3)C(=O)Nc1ccccc1Cl. The van der Waals surface area contributed by atoms with Crippen LogP contribution in [0.5, 0.6) is 0 Å². The van der Waals surface area contributed by atoms with Gasteiger partial charge in [-0.15, -0.1) is 11.3 Å². The monoisotopic (exact) mass is 403 g/mol. The molecule has 0 unspecified atom stereocenters. The van der Waals surface area contributed by atoms with Crippen LogP contribution in [-0.2, 0) is 17.6 Å². The number of nitrogens with one attached hydrogen (secondary N) is 1. The molecular formula is C19H18ClN3OS2. The molecule has 4 rings (SSSR count). The van der Waals surface area contributed by atoms with E-state index in [-0.39, 0.29) is 11.2 Å². The number of hydrogen-bond acceptors (Lipinski definition) is 5. The van der Waals surface area contributed by atoms with E-state index < -0.39 is 0 Å². The molecule has 1 N–H and O–H groups in total. The molecule has 2 aromatic heterocycles. The summed E-state index contributed by atoms with van der Waals surface area (Å²) in [7, 11) is 0. The van der Waals surface area contributed by atoms with Gasteiger partial charge in [0.1, 0.15) is 16.2 Å². The van der Waals surface area contributed by atoms with Crippen molar-refractivity contribution < 1.29 is 4.79 Å². The Morgan fingerprint density at radius 2 is 2.08 bits per heavy atom. The van der Waals surface area contributed by atoms with Gasteiger partial charge < -0.3 is 5.32 Å². The average Bonchev–Trinajstić information content (AvgIpc) is 3.03. The number of amides is 1. The lowest BCUT2D eigenvalue weighted by molar-refractivity contribution is -0.115. The van der Waals surface area contributed by atoms with Crippen LogP contribution in [-0.4, -0.2) is 21.1 Å². The van der Waals surface area contributed by atoms with E-state index in [1.807, 2.05) is 19.1 Å². The van der Waals surface area contributed by atoms with Crippen LogP contribution in [0.25, 0.3) is 10.2 Å². The van der Waals surface area contributed by atoms with Crippen molar-refractivity contribution in [2.75, 3.05) is 5.32 Å². The molecule has 1 aromatic carbocycles. The lowest BCUT2D eigenvalue weighted by Crippen LogP contribution is -2.22. The van der Waals surface area contributed by atoms with Crippen LogP contribution in [0.1, 0.15) is 30.2 Å². The average molecular weight is 404 g/mol. The van der Waals surface area contributed by atoms with E-state index in [1.54, 1.807) is 29.8 Å². The molecule has 134 valence electrons. The van der Waals surface area contributed by atoms with E-state index in [0.29, 0.717) is 10.7 Å². The minimum absolute atomic E-state index is 0.0843. The van der Waals surface area contributed by atoms with Gasteiger partial charge >= 0.3 is 0 Å². The van der Waals surface area contributed by atoms with Crippen molar-refractivity contribution >= 4 is 56.5 Å². The van der Waals surface area contributed by atoms with Gasteiger partial charge in [0.15, 0.2) is 0 Å². The van der Waals surface area contributed by atoms with Crippen LogP contribution in [0.2, 0.25) is 5.02 Å². The lowest BCUT2D eigenvalue weighted by atomic mass is 9.97. The first-order valence-corrected chi connectivity index (χ1v) is 10.7. The Kier molecular flexibility index (Phi) is 5.16. The van der Waals surface area contributed by atoms with Gasteiger partial charge in [-0.3, -0.25) is 4.79 Å². The third-order valence-electron chi connectivity index (χ3n) is 4.51. The van der Waals surface area contributed by atoms with Gasteiger partial charge in [-0.2, -0.15) is 0 Å². The summed E-state index contributed by atoms with van der Waals surface area (Å²) in [6.07, 6.45) is 6.26. The molecule has 2 heterocycles. The number of anilines is 1. The van der Waals surface area contributed by atoms with Crippen molar-refractivity contribution in [3.63, 3.8) is 0 Å². The molecule has 1 aliphatic carbocycles. The van der Waals surface area contributed by atoms with Crippen molar-refractivity contribution in [3.8, 4) is 0 Å². The molecule has 26 heavy (non-hydrogen) atoms. The van der Waals surface area contributed by atoms with Gasteiger partial charge in [0.25, 0.3) is 0 Å². The number of aromatic nitrogens is 2. The van der Waals surface area contributed by atoms with Crippen molar-refractivity contribution in [2.24, 2.45) is 0 Å². The number of para-hydroxylation sites is 1. The van der Waals surface area contributed by atoms with Gasteiger partial charge in [-0.1, -0.05) is 35.5 Å². The maximum atomic E-state index is 12.6. The molecule has 0 aliphatic heterocycles. The Balaban J connectivity index is 1.58. The van der Waals surface area contributed by atoms with E-state index in [1.165, 1.54) is 35.0 Å². The molecule has 0 saturated heterocycles. The molecule has 1 aliphatic rings. The van der Waals surface area contributed by atoms with Gasteiger partial charge in [-0.05, 0) is 50.3 Å². The normalized spacial score (nSPS) is 14.8. The lowest BCUT2D eigenvalue weighted by Gasteiger charge is -2.14. The molecule has 0 saturated carbocycles. The summed E-state index contributed by atoms with van der Waals surface area (Å²) in [5.41, 5.74) is 2.02. The zero-order valence-electron chi connectivity index (χ0n) is 14.3. The Hall–Kier alpha value is -1.63. The number of carbonyl (C=O) groups is 1. The summed E-state index contributed by atoms with van der Waals surface area (Å²) in [6.45, 7) is 1.89. The highest BCUT2D eigenvalue weighted by molar-refractivity contribution is 8.00. The minimum Gasteiger partial charge on any atom is -0.324 e. The predicted molar refractivity (Wildman–Crippen MR) is 109 cm³/mol. The molecule has 1 atom stereocenters. The maximum Gasteiger partial charge on any atom is 0.237 e. The summed E-state index contributed by atoms with van der Waals surface area (Å²) >= 11 is 9.39.